The molecule has 2 aromatic rings. The zero-order chi connectivity index (χ0) is 18.9. The molecule has 6 heteroatoms. The van der Waals surface area contributed by atoms with Crippen molar-refractivity contribution >= 4 is 33.3 Å². The van der Waals surface area contributed by atoms with Gasteiger partial charge in [-0.25, -0.2) is 9.97 Å². The highest BCUT2D eigenvalue weighted by molar-refractivity contribution is 7.19. The van der Waals surface area contributed by atoms with Gasteiger partial charge in [0, 0.05) is 29.9 Å². The Morgan fingerprint density at radius 2 is 1.79 bits per heavy atom. The molecule has 1 amide bonds. The van der Waals surface area contributed by atoms with Crippen LogP contribution in [0.1, 0.15) is 68.2 Å². The van der Waals surface area contributed by atoms with E-state index in [1.807, 2.05) is 11.3 Å². The third-order valence-electron chi connectivity index (χ3n) is 6.85. The number of piperidine rings is 1. The molecule has 150 valence electrons. The van der Waals surface area contributed by atoms with Crippen LogP contribution in [0.4, 0.5) is 5.82 Å². The highest BCUT2D eigenvalue weighted by Gasteiger charge is 2.28. The summed E-state index contributed by atoms with van der Waals surface area (Å²) in [6.07, 6.45) is 14.6. The second-order valence-corrected chi connectivity index (χ2v) is 9.78. The highest BCUT2D eigenvalue weighted by atomic mass is 32.1. The van der Waals surface area contributed by atoms with Crippen LogP contribution in [-0.4, -0.2) is 35.0 Å². The number of aromatic nitrogens is 2. The summed E-state index contributed by atoms with van der Waals surface area (Å²) in [7, 11) is 0. The number of carbonyl (C=O) groups is 1. The molecular weight excluding hydrogens is 368 g/mol. The van der Waals surface area contributed by atoms with Gasteiger partial charge in [-0.3, -0.25) is 4.79 Å². The molecule has 3 heterocycles. The molecule has 2 aliphatic carbocycles. The standard InChI is InChI=1S/C22H30N4OS/c27-21(15-6-2-1-3-7-15)25-16-10-12-26(13-11-16)20-19-17-8-4-5-9-18(17)28-22(19)24-14-23-20/h14-16H,1-13H2,(H,25,27). The monoisotopic (exact) mass is 398 g/mol. The van der Waals surface area contributed by atoms with Gasteiger partial charge in [-0.15, -0.1) is 11.3 Å². The normalized spacial score (nSPS) is 21.6. The van der Waals surface area contributed by atoms with Crippen molar-refractivity contribution < 1.29 is 4.79 Å². The summed E-state index contributed by atoms with van der Waals surface area (Å²) in [5, 5.41) is 4.66. The molecule has 3 aliphatic rings. The number of nitrogens with zero attached hydrogens (tertiary/aromatic N) is 3. The molecule has 1 saturated carbocycles. The van der Waals surface area contributed by atoms with Crippen LogP contribution >= 0.6 is 11.3 Å². The van der Waals surface area contributed by atoms with Crippen LogP contribution in [0.3, 0.4) is 0 Å². The maximum absolute atomic E-state index is 12.6. The van der Waals surface area contributed by atoms with Crippen molar-refractivity contribution in [3.63, 3.8) is 0 Å². The molecule has 1 N–H and O–H groups in total. The molecular formula is C22H30N4OS. The minimum absolute atomic E-state index is 0.255. The van der Waals surface area contributed by atoms with Crippen molar-refractivity contribution in [3.8, 4) is 0 Å². The largest absolute Gasteiger partial charge is 0.356 e. The molecule has 0 bridgehead atoms. The van der Waals surface area contributed by atoms with Crippen molar-refractivity contribution in [1.29, 1.82) is 0 Å². The number of amides is 1. The summed E-state index contributed by atoms with van der Waals surface area (Å²) in [6, 6.07) is 0.319. The maximum Gasteiger partial charge on any atom is 0.223 e. The van der Waals surface area contributed by atoms with Gasteiger partial charge >= 0.3 is 0 Å². The molecule has 5 nitrogen and oxygen atoms in total. The predicted octanol–water partition coefficient (Wildman–Crippen LogP) is 4.24. The molecule has 2 aromatic heterocycles. The van der Waals surface area contributed by atoms with Gasteiger partial charge in [-0.2, -0.15) is 0 Å². The smallest absolute Gasteiger partial charge is 0.223 e. The van der Waals surface area contributed by atoms with Crippen molar-refractivity contribution in [2.75, 3.05) is 18.0 Å². The molecule has 0 spiro atoms. The van der Waals surface area contributed by atoms with E-state index in [9.17, 15) is 4.79 Å². The number of rotatable bonds is 3. The Morgan fingerprint density at radius 3 is 2.61 bits per heavy atom. The lowest BCUT2D eigenvalue weighted by atomic mass is 9.88. The molecule has 1 aliphatic heterocycles. The lowest BCUT2D eigenvalue weighted by molar-refractivity contribution is -0.126. The number of aryl methyl sites for hydroxylation is 2. The van der Waals surface area contributed by atoms with Gasteiger partial charge in [0.05, 0.1) is 5.39 Å². The van der Waals surface area contributed by atoms with Crippen LogP contribution in [0.5, 0.6) is 0 Å². The minimum atomic E-state index is 0.255. The summed E-state index contributed by atoms with van der Waals surface area (Å²) >= 11 is 1.87. The first-order chi connectivity index (χ1) is 13.8. The summed E-state index contributed by atoms with van der Waals surface area (Å²) in [5.74, 6) is 1.68. The van der Waals surface area contributed by atoms with Gasteiger partial charge in [0.1, 0.15) is 17.0 Å². The van der Waals surface area contributed by atoms with Gasteiger partial charge in [-0.05, 0) is 56.9 Å². The van der Waals surface area contributed by atoms with Crippen LogP contribution in [0.25, 0.3) is 10.2 Å². The van der Waals surface area contributed by atoms with Crippen LogP contribution < -0.4 is 10.2 Å². The zero-order valence-corrected chi connectivity index (χ0v) is 17.4. The van der Waals surface area contributed by atoms with Gasteiger partial charge in [0.25, 0.3) is 0 Å². The Balaban J connectivity index is 1.27. The second-order valence-electron chi connectivity index (χ2n) is 8.69. The van der Waals surface area contributed by atoms with Crippen molar-refractivity contribution in [2.24, 2.45) is 5.92 Å². The molecule has 5 rings (SSSR count). The maximum atomic E-state index is 12.6. The molecule has 0 atom stereocenters. The molecule has 2 fully saturated rings. The van der Waals surface area contributed by atoms with E-state index in [-0.39, 0.29) is 5.92 Å². The van der Waals surface area contributed by atoms with E-state index in [0.717, 1.165) is 49.4 Å². The summed E-state index contributed by atoms with van der Waals surface area (Å²) in [5.41, 5.74) is 1.51. The van der Waals surface area contributed by atoms with Crippen LogP contribution in [0.15, 0.2) is 6.33 Å². The Bertz CT molecular complexity index is 850. The van der Waals surface area contributed by atoms with E-state index < -0.39 is 0 Å². The number of fused-ring (bicyclic) bond motifs is 3. The van der Waals surface area contributed by atoms with Crippen molar-refractivity contribution in [1.82, 2.24) is 15.3 Å². The second kappa shape index (κ2) is 7.97. The van der Waals surface area contributed by atoms with Crippen LogP contribution in [0.2, 0.25) is 0 Å². The van der Waals surface area contributed by atoms with E-state index in [1.54, 1.807) is 6.33 Å². The van der Waals surface area contributed by atoms with E-state index in [2.05, 4.69) is 15.2 Å². The van der Waals surface area contributed by atoms with Crippen molar-refractivity contribution in [3.05, 3.63) is 16.8 Å². The van der Waals surface area contributed by atoms with Crippen molar-refractivity contribution in [2.45, 2.75) is 76.7 Å². The average Bonchev–Trinajstić information content (AvgIpc) is 3.14. The first kappa shape index (κ1) is 18.3. The Labute approximate surface area is 170 Å². The summed E-state index contributed by atoms with van der Waals surface area (Å²) in [6.45, 7) is 1.93. The van der Waals surface area contributed by atoms with E-state index >= 15 is 0 Å². The lowest BCUT2D eigenvalue weighted by Gasteiger charge is -2.34. The Kier molecular flexibility index (Phi) is 5.22. The van der Waals surface area contributed by atoms with Gasteiger partial charge in [0.2, 0.25) is 5.91 Å². The number of carbonyl (C=O) groups excluding carboxylic acids is 1. The summed E-state index contributed by atoms with van der Waals surface area (Å²) < 4.78 is 0. The lowest BCUT2D eigenvalue weighted by Crippen LogP contribution is -2.46. The number of hydrogen-bond donors (Lipinski definition) is 1. The van der Waals surface area contributed by atoms with E-state index in [1.165, 1.54) is 60.8 Å². The highest BCUT2D eigenvalue weighted by Crippen LogP contribution is 2.39. The van der Waals surface area contributed by atoms with Gasteiger partial charge in [0.15, 0.2) is 0 Å². The number of hydrogen-bond acceptors (Lipinski definition) is 5. The number of anilines is 1. The fraction of sp³-hybridized carbons (Fsp3) is 0.682. The SMILES string of the molecule is O=C(NC1CCN(c2ncnc3sc4c(c23)CCCC4)CC1)C1CCCCC1. The molecule has 0 aromatic carbocycles. The fourth-order valence-corrected chi connectivity index (χ4v) is 6.46. The third-order valence-corrected chi connectivity index (χ3v) is 8.05. The Morgan fingerprint density at radius 1 is 1.00 bits per heavy atom. The van der Waals surface area contributed by atoms with Gasteiger partial charge < -0.3 is 10.2 Å². The summed E-state index contributed by atoms with van der Waals surface area (Å²) in [4.78, 5) is 27.0. The first-order valence-corrected chi connectivity index (χ1v) is 11.9. The first-order valence-electron chi connectivity index (χ1n) is 11.1. The molecule has 0 unspecified atom stereocenters. The topological polar surface area (TPSA) is 58.1 Å². The molecule has 1 saturated heterocycles. The minimum Gasteiger partial charge on any atom is -0.356 e. The third kappa shape index (κ3) is 3.51. The van der Waals surface area contributed by atoms with Crippen LogP contribution in [0, 0.1) is 5.92 Å². The molecule has 0 radical (unpaired) electrons. The average molecular weight is 399 g/mol. The van der Waals surface area contributed by atoms with E-state index in [4.69, 9.17) is 4.98 Å². The predicted molar refractivity (Wildman–Crippen MR) is 114 cm³/mol. The quantitative estimate of drug-likeness (QED) is 0.840. The van der Waals surface area contributed by atoms with Gasteiger partial charge in [-0.1, -0.05) is 19.3 Å². The number of nitrogens with one attached hydrogen (secondary N) is 1. The Hall–Kier alpha value is -1.69. The van der Waals surface area contributed by atoms with E-state index in [0.29, 0.717) is 11.9 Å². The number of thiophene rings is 1. The van der Waals surface area contributed by atoms with Crippen LogP contribution in [-0.2, 0) is 17.6 Å². The zero-order valence-electron chi connectivity index (χ0n) is 16.6. The fourth-order valence-electron chi connectivity index (χ4n) is 5.23. The molecule has 28 heavy (non-hydrogen) atoms.